The average Bonchev–Trinajstić information content (AvgIpc) is 2.28. The van der Waals surface area contributed by atoms with Crippen LogP contribution in [0.1, 0.15) is 51.3 Å². The maximum atomic E-state index is 3.67. The fraction of sp³-hybridized carbons (Fsp3) is 0.600. The highest BCUT2D eigenvalue weighted by molar-refractivity contribution is 5.23. The standard InChI is InChI=1S/C15H25N/c1-6-12(3)13(4)16-14(5)15-9-7-11(2)8-10-15/h7-10,12-14,16H,6H2,1-5H3. The monoisotopic (exact) mass is 219 g/mol. The van der Waals surface area contributed by atoms with Crippen molar-refractivity contribution < 1.29 is 0 Å². The van der Waals surface area contributed by atoms with Gasteiger partial charge >= 0.3 is 0 Å². The fourth-order valence-electron chi connectivity index (χ4n) is 1.86. The lowest BCUT2D eigenvalue weighted by molar-refractivity contribution is 0.360. The molecule has 1 N–H and O–H groups in total. The van der Waals surface area contributed by atoms with Crippen molar-refractivity contribution >= 4 is 0 Å². The minimum absolute atomic E-state index is 0.435. The first-order valence-corrected chi connectivity index (χ1v) is 6.37. The van der Waals surface area contributed by atoms with Crippen LogP contribution in [0.3, 0.4) is 0 Å². The van der Waals surface area contributed by atoms with Crippen LogP contribution < -0.4 is 5.32 Å². The zero-order valence-electron chi connectivity index (χ0n) is 11.2. The second-order valence-electron chi connectivity index (χ2n) is 4.97. The van der Waals surface area contributed by atoms with Crippen LogP contribution in [0.2, 0.25) is 0 Å². The molecule has 0 spiro atoms. The highest BCUT2D eigenvalue weighted by Gasteiger charge is 2.13. The summed E-state index contributed by atoms with van der Waals surface area (Å²) in [5.41, 5.74) is 2.70. The molecule has 0 aromatic heterocycles. The molecule has 1 heteroatoms. The van der Waals surface area contributed by atoms with Gasteiger partial charge < -0.3 is 5.32 Å². The van der Waals surface area contributed by atoms with Crippen molar-refractivity contribution in [3.8, 4) is 0 Å². The van der Waals surface area contributed by atoms with Gasteiger partial charge in [0.05, 0.1) is 0 Å². The summed E-state index contributed by atoms with van der Waals surface area (Å²) in [6.07, 6.45) is 1.23. The zero-order valence-corrected chi connectivity index (χ0v) is 11.2. The predicted octanol–water partition coefficient (Wildman–Crippen LogP) is 4.08. The molecule has 3 atom stereocenters. The third-order valence-electron chi connectivity index (χ3n) is 3.59. The van der Waals surface area contributed by atoms with Crippen molar-refractivity contribution in [3.63, 3.8) is 0 Å². The van der Waals surface area contributed by atoms with Gasteiger partial charge in [0.25, 0.3) is 0 Å². The van der Waals surface area contributed by atoms with Gasteiger partial charge in [-0.15, -0.1) is 0 Å². The van der Waals surface area contributed by atoms with Crippen molar-refractivity contribution in [1.82, 2.24) is 5.32 Å². The van der Waals surface area contributed by atoms with Gasteiger partial charge in [0.2, 0.25) is 0 Å². The molecular weight excluding hydrogens is 194 g/mol. The van der Waals surface area contributed by atoms with Crippen LogP contribution in [0.15, 0.2) is 24.3 Å². The summed E-state index contributed by atoms with van der Waals surface area (Å²) in [7, 11) is 0. The van der Waals surface area contributed by atoms with E-state index in [2.05, 4.69) is 64.2 Å². The molecule has 0 fully saturated rings. The van der Waals surface area contributed by atoms with Crippen LogP contribution in [0, 0.1) is 12.8 Å². The van der Waals surface area contributed by atoms with E-state index in [9.17, 15) is 0 Å². The maximum Gasteiger partial charge on any atom is 0.0294 e. The molecule has 0 aliphatic carbocycles. The Hall–Kier alpha value is -0.820. The van der Waals surface area contributed by atoms with Crippen molar-refractivity contribution in [2.24, 2.45) is 5.92 Å². The Morgan fingerprint density at radius 1 is 1.06 bits per heavy atom. The molecule has 1 aromatic carbocycles. The molecule has 90 valence electrons. The molecule has 0 heterocycles. The van der Waals surface area contributed by atoms with E-state index in [1.54, 1.807) is 0 Å². The molecule has 0 saturated carbocycles. The Bertz CT molecular complexity index is 302. The van der Waals surface area contributed by atoms with Gasteiger partial charge in [-0.25, -0.2) is 0 Å². The van der Waals surface area contributed by atoms with Crippen LogP contribution in [-0.4, -0.2) is 6.04 Å². The summed E-state index contributed by atoms with van der Waals surface area (Å²) < 4.78 is 0. The normalized spacial score (nSPS) is 16.8. The summed E-state index contributed by atoms with van der Waals surface area (Å²) in [5, 5.41) is 3.67. The summed E-state index contributed by atoms with van der Waals surface area (Å²) in [5.74, 6) is 0.730. The summed E-state index contributed by atoms with van der Waals surface area (Å²) in [4.78, 5) is 0. The lowest BCUT2D eigenvalue weighted by atomic mass is 9.98. The highest BCUT2D eigenvalue weighted by Crippen LogP contribution is 2.16. The molecule has 0 aliphatic heterocycles. The molecule has 16 heavy (non-hydrogen) atoms. The first-order chi connectivity index (χ1) is 7.54. The number of rotatable bonds is 5. The third-order valence-corrected chi connectivity index (χ3v) is 3.59. The van der Waals surface area contributed by atoms with Crippen molar-refractivity contribution in [1.29, 1.82) is 0 Å². The van der Waals surface area contributed by atoms with Crippen molar-refractivity contribution in [3.05, 3.63) is 35.4 Å². The lowest BCUT2D eigenvalue weighted by Crippen LogP contribution is -2.33. The van der Waals surface area contributed by atoms with E-state index in [0.717, 1.165) is 5.92 Å². The molecular formula is C15H25N. The molecule has 3 unspecified atom stereocenters. The predicted molar refractivity (Wildman–Crippen MR) is 71.6 cm³/mol. The van der Waals surface area contributed by atoms with Gasteiger partial charge in [-0.05, 0) is 32.3 Å². The van der Waals surface area contributed by atoms with E-state index in [4.69, 9.17) is 0 Å². The highest BCUT2D eigenvalue weighted by atomic mass is 14.9. The Labute approximate surface area is 100 Å². The third kappa shape index (κ3) is 3.64. The molecule has 0 radical (unpaired) electrons. The largest absolute Gasteiger partial charge is 0.307 e. The number of benzene rings is 1. The molecule has 1 aromatic rings. The Balaban J connectivity index is 2.58. The summed E-state index contributed by atoms with van der Waals surface area (Å²) >= 11 is 0. The molecule has 0 bridgehead atoms. The Morgan fingerprint density at radius 3 is 2.12 bits per heavy atom. The van der Waals surface area contributed by atoms with Crippen molar-refractivity contribution in [2.45, 2.75) is 53.1 Å². The summed E-state index contributed by atoms with van der Waals surface area (Å²) in [6, 6.07) is 9.81. The van der Waals surface area contributed by atoms with E-state index in [0.29, 0.717) is 12.1 Å². The van der Waals surface area contributed by atoms with Crippen LogP contribution in [-0.2, 0) is 0 Å². The molecule has 0 amide bonds. The first-order valence-electron chi connectivity index (χ1n) is 6.37. The second-order valence-corrected chi connectivity index (χ2v) is 4.97. The molecule has 0 saturated heterocycles. The van der Waals surface area contributed by atoms with Crippen LogP contribution in [0.5, 0.6) is 0 Å². The van der Waals surface area contributed by atoms with Gasteiger partial charge in [0.1, 0.15) is 0 Å². The van der Waals surface area contributed by atoms with Crippen LogP contribution >= 0.6 is 0 Å². The van der Waals surface area contributed by atoms with E-state index in [1.165, 1.54) is 17.5 Å². The molecule has 1 nitrogen and oxygen atoms in total. The van der Waals surface area contributed by atoms with Gasteiger partial charge in [-0.1, -0.05) is 50.1 Å². The van der Waals surface area contributed by atoms with Gasteiger partial charge in [-0.3, -0.25) is 0 Å². The quantitative estimate of drug-likeness (QED) is 0.787. The number of hydrogen-bond acceptors (Lipinski definition) is 1. The van der Waals surface area contributed by atoms with E-state index in [-0.39, 0.29) is 0 Å². The molecule has 1 rings (SSSR count). The topological polar surface area (TPSA) is 12.0 Å². The van der Waals surface area contributed by atoms with E-state index < -0.39 is 0 Å². The fourth-order valence-corrected chi connectivity index (χ4v) is 1.86. The van der Waals surface area contributed by atoms with Gasteiger partial charge in [0.15, 0.2) is 0 Å². The Morgan fingerprint density at radius 2 is 1.62 bits per heavy atom. The lowest BCUT2D eigenvalue weighted by Gasteiger charge is -2.24. The van der Waals surface area contributed by atoms with Gasteiger partial charge in [0, 0.05) is 12.1 Å². The SMILES string of the molecule is CCC(C)C(C)NC(C)c1ccc(C)cc1. The number of aryl methyl sites for hydroxylation is 1. The van der Waals surface area contributed by atoms with Crippen molar-refractivity contribution in [2.75, 3.05) is 0 Å². The van der Waals surface area contributed by atoms with Crippen LogP contribution in [0.25, 0.3) is 0 Å². The van der Waals surface area contributed by atoms with E-state index in [1.807, 2.05) is 0 Å². The molecule has 0 aliphatic rings. The van der Waals surface area contributed by atoms with E-state index >= 15 is 0 Å². The Kier molecular flexibility index (Phi) is 5.01. The summed E-state index contributed by atoms with van der Waals surface area (Å²) in [6.45, 7) is 11.2. The smallest absolute Gasteiger partial charge is 0.0294 e. The second kappa shape index (κ2) is 6.05. The zero-order chi connectivity index (χ0) is 12.1. The average molecular weight is 219 g/mol. The minimum atomic E-state index is 0.435. The van der Waals surface area contributed by atoms with Crippen LogP contribution in [0.4, 0.5) is 0 Å². The number of nitrogens with one attached hydrogen (secondary N) is 1. The first kappa shape index (κ1) is 13.2. The minimum Gasteiger partial charge on any atom is -0.307 e. The maximum absolute atomic E-state index is 3.67. The number of hydrogen-bond donors (Lipinski definition) is 1. The van der Waals surface area contributed by atoms with Gasteiger partial charge in [-0.2, -0.15) is 0 Å².